The zero-order valence-electron chi connectivity index (χ0n) is 9.33. The molecule has 1 aromatic rings. The molecule has 6 heteroatoms. The molecule has 2 aliphatic heterocycles. The van der Waals surface area contributed by atoms with Crippen LogP contribution in [0.2, 0.25) is 10.4 Å². The second-order valence-electron chi connectivity index (χ2n) is 4.61. The fourth-order valence-corrected chi connectivity index (χ4v) is 2.95. The molecule has 0 N–H and O–H groups in total. The fourth-order valence-electron chi connectivity index (χ4n) is 2.47. The van der Waals surface area contributed by atoms with Gasteiger partial charge in [0.25, 0.3) is 0 Å². The van der Waals surface area contributed by atoms with Gasteiger partial charge in [0, 0.05) is 31.8 Å². The van der Waals surface area contributed by atoms with Gasteiger partial charge in [-0.05, 0) is 23.9 Å². The van der Waals surface area contributed by atoms with Crippen LogP contribution >= 0.6 is 23.2 Å². The van der Waals surface area contributed by atoms with E-state index in [0.717, 1.165) is 50.5 Å². The van der Waals surface area contributed by atoms with Crippen LogP contribution in [0, 0.1) is 5.92 Å². The van der Waals surface area contributed by atoms with Gasteiger partial charge in [-0.25, -0.2) is 9.97 Å². The molecule has 3 rings (SSSR count). The largest absolute Gasteiger partial charge is 0.381 e. The average Bonchev–Trinajstić information content (AvgIpc) is 2.87. The van der Waals surface area contributed by atoms with E-state index in [1.165, 1.54) is 0 Å². The Balaban J connectivity index is 1.71. The third-order valence-corrected chi connectivity index (χ3v) is 3.79. The number of nitrogens with zero attached hydrogens (tertiary/aromatic N) is 3. The summed E-state index contributed by atoms with van der Waals surface area (Å²) in [5.41, 5.74) is 1.99. The van der Waals surface area contributed by atoms with E-state index in [4.69, 9.17) is 27.9 Å². The Morgan fingerprint density at radius 3 is 2.94 bits per heavy atom. The maximum absolute atomic E-state index is 6.07. The average molecular weight is 274 g/mol. The SMILES string of the molecule is Clc1nc(Cl)c2c(n1)CN(CC1CCOC1)C2. The zero-order chi connectivity index (χ0) is 11.8. The van der Waals surface area contributed by atoms with Crippen molar-refractivity contribution in [2.24, 2.45) is 5.92 Å². The summed E-state index contributed by atoms with van der Waals surface area (Å²) < 4.78 is 5.39. The predicted molar refractivity (Wildman–Crippen MR) is 65.1 cm³/mol. The molecule has 2 aliphatic rings. The maximum Gasteiger partial charge on any atom is 0.224 e. The molecular formula is C11H13Cl2N3O. The van der Waals surface area contributed by atoms with Crippen molar-refractivity contribution in [2.45, 2.75) is 19.5 Å². The summed E-state index contributed by atoms with van der Waals surface area (Å²) in [5, 5.41) is 0.727. The zero-order valence-corrected chi connectivity index (χ0v) is 10.8. The molecule has 0 aromatic carbocycles. The highest BCUT2D eigenvalue weighted by Gasteiger charge is 2.27. The van der Waals surface area contributed by atoms with E-state index in [1.54, 1.807) is 0 Å². The molecule has 1 fully saturated rings. The fraction of sp³-hybridized carbons (Fsp3) is 0.636. The lowest BCUT2D eigenvalue weighted by Gasteiger charge is -2.17. The molecule has 0 aliphatic carbocycles. The second-order valence-corrected chi connectivity index (χ2v) is 5.30. The first-order valence-electron chi connectivity index (χ1n) is 5.73. The lowest BCUT2D eigenvalue weighted by Crippen LogP contribution is -2.24. The van der Waals surface area contributed by atoms with E-state index >= 15 is 0 Å². The molecule has 0 saturated carbocycles. The summed E-state index contributed by atoms with van der Waals surface area (Å²) in [6.07, 6.45) is 1.15. The van der Waals surface area contributed by atoms with Crippen molar-refractivity contribution in [3.8, 4) is 0 Å². The lowest BCUT2D eigenvalue weighted by atomic mass is 10.1. The van der Waals surface area contributed by atoms with Crippen molar-refractivity contribution in [2.75, 3.05) is 19.8 Å². The van der Waals surface area contributed by atoms with E-state index in [-0.39, 0.29) is 5.28 Å². The molecule has 0 radical (unpaired) electrons. The summed E-state index contributed by atoms with van der Waals surface area (Å²) >= 11 is 11.9. The van der Waals surface area contributed by atoms with Gasteiger partial charge in [-0.15, -0.1) is 0 Å². The number of fused-ring (bicyclic) bond motifs is 1. The minimum atomic E-state index is 0.236. The van der Waals surface area contributed by atoms with Crippen LogP contribution in [0.5, 0.6) is 0 Å². The molecule has 4 nitrogen and oxygen atoms in total. The van der Waals surface area contributed by atoms with Crippen LogP contribution in [0.4, 0.5) is 0 Å². The van der Waals surface area contributed by atoms with Crippen molar-refractivity contribution in [3.05, 3.63) is 21.7 Å². The van der Waals surface area contributed by atoms with Gasteiger partial charge in [0.1, 0.15) is 5.15 Å². The summed E-state index contributed by atoms with van der Waals surface area (Å²) in [5.74, 6) is 0.631. The van der Waals surface area contributed by atoms with E-state index in [9.17, 15) is 0 Å². The molecule has 0 amide bonds. The topological polar surface area (TPSA) is 38.2 Å². The monoisotopic (exact) mass is 273 g/mol. The van der Waals surface area contributed by atoms with Gasteiger partial charge in [0.2, 0.25) is 5.28 Å². The molecule has 3 heterocycles. The van der Waals surface area contributed by atoms with E-state index in [1.807, 2.05) is 0 Å². The lowest BCUT2D eigenvalue weighted by molar-refractivity contribution is 0.167. The smallest absolute Gasteiger partial charge is 0.224 e. The first-order valence-corrected chi connectivity index (χ1v) is 6.49. The van der Waals surface area contributed by atoms with Crippen LogP contribution in [0.1, 0.15) is 17.7 Å². The Labute approximate surface area is 110 Å². The highest BCUT2D eigenvalue weighted by Crippen LogP contribution is 2.29. The van der Waals surface area contributed by atoms with Crippen LogP contribution < -0.4 is 0 Å². The Morgan fingerprint density at radius 1 is 1.29 bits per heavy atom. The van der Waals surface area contributed by atoms with Gasteiger partial charge in [-0.2, -0.15) is 0 Å². The molecule has 1 saturated heterocycles. The Bertz CT molecular complexity index is 435. The number of halogens is 2. The standard InChI is InChI=1S/C11H13Cl2N3O/c12-10-8-4-16(3-7-1-2-17-6-7)5-9(8)14-11(13)15-10/h7H,1-6H2. The number of hydrogen-bond donors (Lipinski definition) is 0. The van der Waals surface area contributed by atoms with Crippen molar-refractivity contribution in [1.29, 1.82) is 0 Å². The van der Waals surface area contributed by atoms with Gasteiger partial charge in [0.05, 0.1) is 12.3 Å². The first-order chi connectivity index (χ1) is 8.22. The van der Waals surface area contributed by atoms with Crippen LogP contribution in [-0.2, 0) is 17.8 Å². The van der Waals surface area contributed by atoms with Crippen molar-refractivity contribution >= 4 is 23.2 Å². The minimum Gasteiger partial charge on any atom is -0.381 e. The molecule has 1 atom stereocenters. The van der Waals surface area contributed by atoms with Crippen molar-refractivity contribution < 1.29 is 4.74 Å². The Kier molecular flexibility index (Phi) is 3.21. The summed E-state index contributed by atoms with van der Waals surface area (Å²) in [6.45, 7) is 4.42. The summed E-state index contributed by atoms with van der Waals surface area (Å²) in [6, 6.07) is 0. The molecule has 0 spiro atoms. The number of hydrogen-bond acceptors (Lipinski definition) is 4. The summed E-state index contributed by atoms with van der Waals surface area (Å²) in [7, 11) is 0. The van der Waals surface area contributed by atoms with Gasteiger partial charge in [0.15, 0.2) is 0 Å². The van der Waals surface area contributed by atoms with E-state index < -0.39 is 0 Å². The molecule has 1 aromatic heterocycles. The van der Waals surface area contributed by atoms with Crippen molar-refractivity contribution in [3.63, 3.8) is 0 Å². The van der Waals surface area contributed by atoms with Gasteiger partial charge >= 0.3 is 0 Å². The molecule has 17 heavy (non-hydrogen) atoms. The maximum atomic E-state index is 6.07. The van der Waals surface area contributed by atoms with Gasteiger partial charge < -0.3 is 4.74 Å². The molecular weight excluding hydrogens is 261 g/mol. The number of aromatic nitrogens is 2. The molecule has 1 unspecified atom stereocenters. The van der Waals surface area contributed by atoms with Gasteiger partial charge in [-0.3, -0.25) is 4.90 Å². The van der Waals surface area contributed by atoms with Crippen molar-refractivity contribution in [1.82, 2.24) is 14.9 Å². The quantitative estimate of drug-likeness (QED) is 0.611. The number of ether oxygens (including phenoxy) is 1. The highest BCUT2D eigenvalue weighted by atomic mass is 35.5. The van der Waals surface area contributed by atoms with E-state index in [2.05, 4.69) is 14.9 Å². The Morgan fingerprint density at radius 2 is 2.18 bits per heavy atom. The van der Waals surface area contributed by atoms with Crippen LogP contribution in [0.25, 0.3) is 0 Å². The van der Waals surface area contributed by atoms with E-state index in [0.29, 0.717) is 11.1 Å². The molecule has 0 bridgehead atoms. The normalized spacial score (nSPS) is 24.2. The third-order valence-electron chi connectivity index (χ3n) is 3.31. The van der Waals surface area contributed by atoms with Crippen LogP contribution in [-0.4, -0.2) is 34.6 Å². The minimum absolute atomic E-state index is 0.236. The molecule has 92 valence electrons. The van der Waals surface area contributed by atoms with Crippen LogP contribution in [0.3, 0.4) is 0 Å². The summed E-state index contributed by atoms with van der Waals surface area (Å²) in [4.78, 5) is 10.6. The van der Waals surface area contributed by atoms with Gasteiger partial charge in [-0.1, -0.05) is 11.6 Å². The number of rotatable bonds is 2. The predicted octanol–water partition coefficient (Wildman–Crippen LogP) is 2.14. The van der Waals surface area contributed by atoms with Crippen LogP contribution in [0.15, 0.2) is 0 Å². The highest BCUT2D eigenvalue weighted by molar-refractivity contribution is 6.32. The third kappa shape index (κ3) is 2.40. The Hall–Kier alpha value is -0.420. The first kappa shape index (κ1) is 11.7. The second kappa shape index (κ2) is 4.69.